The van der Waals surface area contributed by atoms with E-state index in [9.17, 15) is 22.8 Å². The topological polar surface area (TPSA) is 45.6 Å². The van der Waals surface area contributed by atoms with Crippen LogP contribution < -0.4 is 0 Å². The molecule has 2 aliphatic rings. The van der Waals surface area contributed by atoms with Gasteiger partial charge in [-0.05, 0) is 30.5 Å². The number of hydrogen-bond donors (Lipinski definition) is 0. The number of carbonyl (C=O) groups excluding carboxylic acids is 2. The molecule has 148 valence electrons. The number of nitrogens with zero attached hydrogens (tertiary/aromatic N) is 3. The molecule has 1 saturated heterocycles. The largest absolute Gasteiger partial charge is 0.471 e. The summed E-state index contributed by atoms with van der Waals surface area (Å²) < 4.78 is 40.9. The predicted molar refractivity (Wildman–Crippen MR) is 95.2 cm³/mol. The lowest BCUT2D eigenvalue weighted by Gasteiger charge is -2.40. The summed E-state index contributed by atoms with van der Waals surface area (Å²) in [6.07, 6.45) is -2.40. The van der Waals surface area contributed by atoms with Crippen molar-refractivity contribution in [3.05, 3.63) is 59.9 Å². The van der Waals surface area contributed by atoms with Gasteiger partial charge in [-0.2, -0.15) is 13.2 Å². The molecule has 0 saturated carbocycles. The van der Waals surface area contributed by atoms with Gasteiger partial charge in [0.15, 0.2) is 0 Å². The molecule has 1 aromatic heterocycles. The molecule has 1 fully saturated rings. The van der Waals surface area contributed by atoms with E-state index in [4.69, 9.17) is 0 Å². The van der Waals surface area contributed by atoms with Gasteiger partial charge in [-0.15, -0.1) is 0 Å². The van der Waals surface area contributed by atoms with Crippen molar-refractivity contribution in [1.29, 1.82) is 0 Å². The average molecular weight is 391 g/mol. The van der Waals surface area contributed by atoms with E-state index in [0.717, 1.165) is 11.3 Å². The number of aromatic nitrogens is 1. The summed E-state index contributed by atoms with van der Waals surface area (Å²) >= 11 is 0. The Balaban J connectivity index is 1.67. The fraction of sp³-hybridized carbons (Fsp3) is 0.400. The van der Waals surface area contributed by atoms with Crippen molar-refractivity contribution in [2.45, 2.75) is 37.6 Å². The van der Waals surface area contributed by atoms with E-state index in [1.807, 2.05) is 48.7 Å². The van der Waals surface area contributed by atoms with Crippen molar-refractivity contribution < 1.29 is 22.8 Å². The first-order chi connectivity index (χ1) is 13.4. The molecule has 4 rings (SSSR count). The smallest absolute Gasteiger partial charge is 0.348 e. The van der Waals surface area contributed by atoms with Crippen LogP contribution in [0.25, 0.3) is 0 Å². The molecule has 5 nitrogen and oxygen atoms in total. The van der Waals surface area contributed by atoms with E-state index in [1.54, 1.807) is 4.90 Å². The Hall–Kier alpha value is -2.77. The molecule has 3 heterocycles. The lowest BCUT2D eigenvalue weighted by atomic mass is 9.98. The monoisotopic (exact) mass is 391 g/mol. The molecule has 0 radical (unpaired) electrons. The number of rotatable bonds is 2. The third-order valence-corrected chi connectivity index (χ3v) is 5.48. The second-order valence-electron chi connectivity index (χ2n) is 7.13. The van der Waals surface area contributed by atoms with E-state index in [0.29, 0.717) is 24.4 Å². The lowest BCUT2D eigenvalue weighted by Crippen LogP contribution is -2.53. The van der Waals surface area contributed by atoms with E-state index in [-0.39, 0.29) is 19.0 Å². The maximum Gasteiger partial charge on any atom is 0.471 e. The highest BCUT2D eigenvalue weighted by Crippen LogP contribution is 2.35. The van der Waals surface area contributed by atoms with Gasteiger partial charge in [-0.3, -0.25) is 9.59 Å². The van der Waals surface area contributed by atoms with Gasteiger partial charge in [0.25, 0.3) is 0 Å². The molecule has 0 aliphatic carbocycles. The number of fused-ring (bicyclic) bond motifs is 1. The van der Waals surface area contributed by atoms with Crippen LogP contribution >= 0.6 is 0 Å². The van der Waals surface area contributed by atoms with Crippen LogP contribution in [0.2, 0.25) is 0 Å². The zero-order valence-electron chi connectivity index (χ0n) is 15.1. The number of benzene rings is 1. The Bertz CT molecular complexity index is 878. The molecule has 0 bridgehead atoms. The number of amides is 2. The molecule has 0 spiro atoms. The first-order valence-electron chi connectivity index (χ1n) is 9.26. The molecule has 2 atom stereocenters. The van der Waals surface area contributed by atoms with Crippen molar-refractivity contribution in [3.8, 4) is 0 Å². The predicted octanol–water partition coefficient (Wildman–Crippen LogP) is 2.97. The van der Waals surface area contributed by atoms with Crippen LogP contribution in [0.4, 0.5) is 13.2 Å². The fourth-order valence-corrected chi connectivity index (χ4v) is 4.23. The van der Waals surface area contributed by atoms with Gasteiger partial charge in [-0.25, -0.2) is 0 Å². The van der Waals surface area contributed by atoms with Crippen LogP contribution in [0.15, 0.2) is 48.7 Å². The van der Waals surface area contributed by atoms with Gasteiger partial charge >= 0.3 is 12.1 Å². The van der Waals surface area contributed by atoms with Gasteiger partial charge in [-0.1, -0.05) is 30.3 Å². The standard InChI is InChI=1S/C20H20F3N3O2/c21-20(22,23)19(28)25-11-5-9-16(25)18(27)26-13-12-24-10-4-8-15(24)17(26)14-6-2-1-3-7-14/h1-4,6-8,10,16-17H,5,9,11-13H2. The number of carbonyl (C=O) groups is 2. The van der Waals surface area contributed by atoms with Crippen LogP contribution in [0.1, 0.15) is 30.1 Å². The summed E-state index contributed by atoms with van der Waals surface area (Å²) in [7, 11) is 0. The highest BCUT2D eigenvalue weighted by Gasteiger charge is 2.49. The number of alkyl halides is 3. The number of hydrogen-bond acceptors (Lipinski definition) is 2. The minimum absolute atomic E-state index is 0.0467. The van der Waals surface area contributed by atoms with Crippen LogP contribution in [0.3, 0.4) is 0 Å². The van der Waals surface area contributed by atoms with Gasteiger partial charge in [0.1, 0.15) is 6.04 Å². The third-order valence-electron chi connectivity index (χ3n) is 5.48. The second-order valence-corrected chi connectivity index (χ2v) is 7.13. The van der Waals surface area contributed by atoms with E-state index >= 15 is 0 Å². The maximum absolute atomic E-state index is 13.3. The van der Waals surface area contributed by atoms with E-state index < -0.39 is 24.0 Å². The summed E-state index contributed by atoms with van der Waals surface area (Å²) in [5, 5.41) is 0. The molecule has 8 heteroatoms. The van der Waals surface area contributed by atoms with Crippen LogP contribution in [0.5, 0.6) is 0 Å². The molecule has 28 heavy (non-hydrogen) atoms. The summed E-state index contributed by atoms with van der Waals surface area (Å²) in [6.45, 7) is 0.900. The molecule has 2 aromatic rings. The molecule has 2 unspecified atom stereocenters. The van der Waals surface area contributed by atoms with Crippen molar-refractivity contribution in [2.24, 2.45) is 0 Å². The maximum atomic E-state index is 13.3. The number of likely N-dealkylation sites (tertiary alicyclic amines) is 1. The first kappa shape index (κ1) is 18.6. The SMILES string of the molecule is O=C(C1CCCN1C(=O)C(F)(F)F)N1CCn2cccc2C1c1ccccc1. The second kappa shape index (κ2) is 7.00. The lowest BCUT2D eigenvalue weighted by molar-refractivity contribution is -0.187. The molecular formula is C20H20F3N3O2. The Labute approximate surface area is 160 Å². The van der Waals surface area contributed by atoms with Gasteiger partial charge in [0, 0.05) is 31.5 Å². The van der Waals surface area contributed by atoms with Crippen molar-refractivity contribution in [2.75, 3.05) is 13.1 Å². The molecule has 2 amide bonds. The zero-order valence-corrected chi connectivity index (χ0v) is 15.1. The van der Waals surface area contributed by atoms with Crippen molar-refractivity contribution in [3.63, 3.8) is 0 Å². The molecule has 1 aromatic carbocycles. The summed E-state index contributed by atoms with van der Waals surface area (Å²) in [6, 6.07) is 11.8. The zero-order chi connectivity index (χ0) is 19.9. The molecule has 0 N–H and O–H groups in total. The fourth-order valence-electron chi connectivity index (χ4n) is 4.23. The highest BCUT2D eigenvalue weighted by molar-refractivity contribution is 5.91. The number of halogens is 3. The molecule has 2 aliphatic heterocycles. The van der Waals surface area contributed by atoms with Gasteiger partial charge < -0.3 is 14.4 Å². The minimum Gasteiger partial charge on any atom is -0.348 e. The minimum atomic E-state index is -4.97. The van der Waals surface area contributed by atoms with E-state index in [1.165, 1.54) is 0 Å². The van der Waals surface area contributed by atoms with Crippen molar-refractivity contribution in [1.82, 2.24) is 14.4 Å². The summed E-state index contributed by atoms with van der Waals surface area (Å²) in [4.78, 5) is 27.4. The Morgan fingerprint density at radius 3 is 2.39 bits per heavy atom. The Morgan fingerprint density at radius 1 is 0.929 bits per heavy atom. The summed E-state index contributed by atoms with van der Waals surface area (Å²) in [5.41, 5.74) is 1.81. The normalized spacial score (nSPS) is 22.2. The first-order valence-corrected chi connectivity index (χ1v) is 9.26. The quantitative estimate of drug-likeness (QED) is 0.790. The Morgan fingerprint density at radius 2 is 1.68 bits per heavy atom. The Kier molecular flexibility index (Phi) is 4.64. The van der Waals surface area contributed by atoms with Crippen LogP contribution in [0, 0.1) is 0 Å². The third kappa shape index (κ3) is 3.16. The van der Waals surface area contributed by atoms with Crippen LogP contribution in [-0.2, 0) is 16.1 Å². The van der Waals surface area contributed by atoms with Crippen molar-refractivity contribution >= 4 is 11.8 Å². The summed E-state index contributed by atoms with van der Waals surface area (Å²) in [5.74, 6) is -2.35. The van der Waals surface area contributed by atoms with Gasteiger partial charge in [0.05, 0.1) is 6.04 Å². The van der Waals surface area contributed by atoms with Crippen LogP contribution in [-0.4, -0.2) is 51.5 Å². The average Bonchev–Trinajstić information content (AvgIpc) is 3.35. The highest BCUT2D eigenvalue weighted by atomic mass is 19.4. The molecular weight excluding hydrogens is 371 g/mol. The van der Waals surface area contributed by atoms with E-state index in [2.05, 4.69) is 4.57 Å². The van der Waals surface area contributed by atoms with Gasteiger partial charge in [0.2, 0.25) is 5.91 Å².